The number of carboxylic acids is 1. The average molecular weight is 291 g/mol. The van der Waals surface area contributed by atoms with Crippen LogP contribution in [-0.4, -0.2) is 23.5 Å². The molecule has 4 nitrogen and oxygen atoms in total. The third-order valence-corrected chi connectivity index (χ3v) is 5.17. The van der Waals surface area contributed by atoms with Gasteiger partial charge in [-0.15, -0.1) is 11.3 Å². The van der Waals surface area contributed by atoms with Gasteiger partial charge in [0.25, 0.3) is 5.91 Å². The molecule has 2 aliphatic rings. The summed E-state index contributed by atoms with van der Waals surface area (Å²) in [4.78, 5) is 23.3. The Hall–Kier alpha value is -1.62. The molecule has 0 atom stereocenters. The monoisotopic (exact) mass is 291 g/mol. The first-order valence-electron chi connectivity index (χ1n) is 6.87. The van der Waals surface area contributed by atoms with Crippen LogP contribution in [0.5, 0.6) is 0 Å². The molecule has 2 aliphatic carbocycles. The number of rotatable bonds is 6. The first-order chi connectivity index (χ1) is 9.61. The Kier molecular flexibility index (Phi) is 3.38. The van der Waals surface area contributed by atoms with Gasteiger partial charge in [-0.05, 0) is 60.1 Å². The Morgan fingerprint density at radius 1 is 1.45 bits per heavy atom. The van der Waals surface area contributed by atoms with Crippen LogP contribution in [0.3, 0.4) is 0 Å². The van der Waals surface area contributed by atoms with Gasteiger partial charge in [0.1, 0.15) is 0 Å². The topological polar surface area (TPSA) is 66.4 Å². The van der Waals surface area contributed by atoms with Crippen LogP contribution in [0.1, 0.15) is 40.9 Å². The minimum absolute atomic E-state index is 0.0861. The number of amides is 1. The standard InChI is InChI=1S/C15H17NO3S/c17-12(18)4-1-10-5-8-20-13(10)14(19)16-9-15(6-7-15)11-2-3-11/h1,4-5,8,11H,2-3,6-7,9H2,(H,16,19)(H,17,18)/b4-1+. The number of carbonyl (C=O) groups is 2. The van der Waals surface area contributed by atoms with E-state index in [1.807, 2.05) is 5.38 Å². The summed E-state index contributed by atoms with van der Waals surface area (Å²) in [6.45, 7) is 0.760. The molecular weight excluding hydrogens is 274 g/mol. The van der Waals surface area contributed by atoms with Crippen molar-refractivity contribution in [1.82, 2.24) is 5.32 Å². The lowest BCUT2D eigenvalue weighted by atomic mass is 10.0. The van der Waals surface area contributed by atoms with Crippen LogP contribution in [0.25, 0.3) is 6.08 Å². The van der Waals surface area contributed by atoms with Gasteiger partial charge in [0.15, 0.2) is 0 Å². The van der Waals surface area contributed by atoms with Crippen molar-refractivity contribution in [1.29, 1.82) is 0 Å². The van der Waals surface area contributed by atoms with Crippen LogP contribution >= 0.6 is 11.3 Å². The van der Waals surface area contributed by atoms with Gasteiger partial charge in [-0.25, -0.2) is 4.79 Å². The van der Waals surface area contributed by atoms with E-state index in [9.17, 15) is 9.59 Å². The van der Waals surface area contributed by atoms with E-state index in [4.69, 9.17) is 5.11 Å². The molecule has 20 heavy (non-hydrogen) atoms. The summed E-state index contributed by atoms with van der Waals surface area (Å²) in [6, 6.07) is 1.77. The van der Waals surface area contributed by atoms with Crippen molar-refractivity contribution in [2.24, 2.45) is 11.3 Å². The molecule has 1 heterocycles. The number of hydrogen-bond donors (Lipinski definition) is 2. The van der Waals surface area contributed by atoms with E-state index < -0.39 is 5.97 Å². The fourth-order valence-corrected chi connectivity index (χ4v) is 3.52. The van der Waals surface area contributed by atoms with Gasteiger partial charge in [-0.2, -0.15) is 0 Å². The molecule has 0 radical (unpaired) electrons. The average Bonchev–Trinajstić information content (AvgIpc) is 3.31. The van der Waals surface area contributed by atoms with Gasteiger partial charge in [-0.3, -0.25) is 4.79 Å². The summed E-state index contributed by atoms with van der Waals surface area (Å²) in [5, 5.41) is 13.5. The van der Waals surface area contributed by atoms with Gasteiger partial charge in [0.05, 0.1) is 4.88 Å². The van der Waals surface area contributed by atoms with Gasteiger partial charge in [-0.1, -0.05) is 0 Å². The van der Waals surface area contributed by atoms with E-state index in [0.29, 0.717) is 15.9 Å². The van der Waals surface area contributed by atoms with E-state index in [1.54, 1.807) is 6.07 Å². The van der Waals surface area contributed by atoms with Gasteiger partial charge in [0, 0.05) is 12.6 Å². The van der Waals surface area contributed by atoms with Crippen molar-refractivity contribution in [3.63, 3.8) is 0 Å². The fraction of sp³-hybridized carbons (Fsp3) is 0.467. The maximum absolute atomic E-state index is 12.2. The highest BCUT2D eigenvalue weighted by Crippen LogP contribution is 2.60. The number of carboxylic acid groups (broad SMARTS) is 1. The van der Waals surface area contributed by atoms with Gasteiger partial charge < -0.3 is 10.4 Å². The van der Waals surface area contributed by atoms with Crippen LogP contribution in [0.15, 0.2) is 17.5 Å². The van der Waals surface area contributed by atoms with Crippen molar-refractivity contribution in [2.45, 2.75) is 25.7 Å². The summed E-state index contributed by atoms with van der Waals surface area (Å²) in [5.74, 6) is -0.275. The van der Waals surface area contributed by atoms with Crippen molar-refractivity contribution in [3.05, 3.63) is 28.0 Å². The van der Waals surface area contributed by atoms with Crippen molar-refractivity contribution >= 4 is 29.3 Å². The molecule has 5 heteroatoms. The van der Waals surface area contributed by atoms with Crippen LogP contribution in [-0.2, 0) is 4.79 Å². The van der Waals surface area contributed by atoms with Crippen LogP contribution in [0, 0.1) is 11.3 Å². The quantitative estimate of drug-likeness (QED) is 0.792. The minimum Gasteiger partial charge on any atom is -0.478 e. The Balaban J connectivity index is 1.62. The van der Waals surface area contributed by atoms with E-state index in [1.165, 1.54) is 43.1 Å². The van der Waals surface area contributed by atoms with E-state index in [2.05, 4.69) is 5.32 Å². The highest BCUT2D eigenvalue weighted by molar-refractivity contribution is 7.12. The first kappa shape index (κ1) is 13.4. The van der Waals surface area contributed by atoms with Crippen molar-refractivity contribution in [2.75, 3.05) is 6.54 Å². The molecule has 0 unspecified atom stereocenters. The number of hydrogen-bond acceptors (Lipinski definition) is 3. The summed E-state index contributed by atoms with van der Waals surface area (Å²) in [7, 11) is 0. The molecular formula is C15H17NO3S. The molecule has 3 rings (SSSR count). The summed E-state index contributed by atoms with van der Waals surface area (Å²) < 4.78 is 0. The smallest absolute Gasteiger partial charge is 0.328 e. The van der Waals surface area contributed by atoms with Gasteiger partial charge >= 0.3 is 5.97 Å². The molecule has 0 aromatic carbocycles. The molecule has 2 fully saturated rings. The second-order valence-corrected chi connectivity index (χ2v) is 6.61. The predicted molar refractivity (Wildman–Crippen MR) is 77.7 cm³/mol. The highest BCUT2D eigenvalue weighted by Gasteiger charge is 2.53. The zero-order valence-electron chi connectivity index (χ0n) is 11.1. The molecule has 0 spiro atoms. The Bertz CT molecular complexity index is 567. The fourth-order valence-electron chi connectivity index (χ4n) is 2.72. The number of thiophene rings is 1. The molecule has 0 bridgehead atoms. The van der Waals surface area contributed by atoms with E-state index in [0.717, 1.165) is 18.5 Å². The molecule has 0 saturated heterocycles. The molecule has 0 aliphatic heterocycles. The van der Waals surface area contributed by atoms with Crippen molar-refractivity contribution < 1.29 is 14.7 Å². The lowest BCUT2D eigenvalue weighted by molar-refractivity contribution is -0.131. The largest absolute Gasteiger partial charge is 0.478 e. The Morgan fingerprint density at radius 2 is 2.20 bits per heavy atom. The second-order valence-electron chi connectivity index (χ2n) is 5.70. The molecule has 1 aromatic heterocycles. The highest BCUT2D eigenvalue weighted by atomic mass is 32.1. The molecule has 1 aromatic rings. The van der Waals surface area contributed by atoms with E-state index in [-0.39, 0.29) is 5.91 Å². The molecule has 106 valence electrons. The van der Waals surface area contributed by atoms with Crippen LogP contribution in [0.2, 0.25) is 0 Å². The first-order valence-corrected chi connectivity index (χ1v) is 7.75. The predicted octanol–water partition coefficient (Wildman–Crippen LogP) is 2.77. The third-order valence-electron chi connectivity index (χ3n) is 4.24. The number of carbonyl (C=O) groups excluding carboxylic acids is 1. The molecule has 1 amide bonds. The Morgan fingerprint density at radius 3 is 2.80 bits per heavy atom. The van der Waals surface area contributed by atoms with Crippen LogP contribution < -0.4 is 5.32 Å². The lowest BCUT2D eigenvalue weighted by Crippen LogP contribution is -2.31. The molecule has 2 saturated carbocycles. The maximum Gasteiger partial charge on any atom is 0.328 e. The summed E-state index contributed by atoms with van der Waals surface area (Å²) >= 11 is 1.35. The third kappa shape index (κ3) is 2.77. The minimum atomic E-state index is -1.01. The van der Waals surface area contributed by atoms with Gasteiger partial charge in [0.2, 0.25) is 0 Å². The SMILES string of the molecule is O=C(O)/C=C/c1ccsc1C(=O)NCC1(C2CC2)CC1. The van der Waals surface area contributed by atoms with Crippen LogP contribution in [0.4, 0.5) is 0 Å². The Labute approximate surface area is 121 Å². The van der Waals surface area contributed by atoms with Crippen molar-refractivity contribution in [3.8, 4) is 0 Å². The summed E-state index contributed by atoms with van der Waals surface area (Å²) in [5.41, 5.74) is 1.05. The zero-order valence-corrected chi connectivity index (χ0v) is 11.9. The van der Waals surface area contributed by atoms with E-state index >= 15 is 0 Å². The zero-order chi connectivity index (χ0) is 14.2. The molecule has 2 N–H and O–H groups in total. The number of aliphatic carboxylic acids is 1. The second kappa shape index (κ2) is 5.05. The lowest BCUT2D eigenvalue weighted by Gasteiger charge is -2.14. The normalized spacial score (nSPS) is 20.0. The summed E-state index contributed by atoms with van der Waals surface area (Å²) in [6.07, 6.45) is 7.61. The maximum atomic E-state index is 12.2. The number of nitrogens with one attached hydrogen (secondary N) is 1.